The van der Waals surface area contributed by atoms with Gasteiger partial charge in [-0.1, -0.05) is 0 Å². The highest BCUT2D eigenvalue weighted by atomic mass is 80.0. The fourth-order valence-corrected chi connectivity index (χ4v) is 3.33. The molecular formula is C7H8Br3NO2S. The van der Waals surface area contributed by atoms with Crippen LogP contribution in [0.15, 0.2) is 11.1 Å². The number of sulfone groups is 1. The van der Waals surface area contributed by atoms with Crippen LogP contribution in [0.4, 0.5) is 0 Å². The lowest BCUT2D eigenvalue weighted by molar-refractivity contribution is 0.595. The summed E-state index contributed by atoms with van der Waals surface area (Å²) in [4.78, 5) is 2.81. The maximum atomic E-state index is 11.8. The van der Waals surface area contributed by atoms with Crippen molar-refractivity contribution in [3.8, 4) is 0 Å². The fourth-order valence-electron chi connectivity index (χ4n) is 0.894. The van der Waals surface area contributed by atoms with Gasteiger partial charge in [0.2, 0.25) is 11.3 Å². The first-order valence-electron chi connectivity index (χ1n) is 3.64. The van der Waals surface area contributed by atoms with Gasteiger partial charge in [0.05, 0.1) is 0 Å². The summed E-state index contributed by atoms with van der Waals surface area (Å²) in [5.41, 5.74) is 1.76. The molecule has 0 aliphatic carbocycles. The highest BCUT2D eigenvalue weighted by Gasteiger charge is 2.38. The van der Waals surface area contributed by atoms with Gasteiger partial charge in [-0.2, -0.15) is 0 Å². The minimum atomic E-state index is -3.48. The Morgan fingerprint density at radius 1 is 1.29 bits per heavy atom. The van der Waals surface area contributed by atoms with Gasteiger partial charge in [-0.05, 0) is 73.3 Å². The van der Waals surface area contributed by atoms with Crippen LogP contribution in [-0.4, -0.2) is 14.9 Å². The third kappa shape index (κ3) is 2.25. The van der Waals surface area contributed by atoms with Gasteiger partial charge in [0.1, 0.15) is 5.03 Å². The molecule has 1 aromatic rings. The van der Waals surface area contributed by atoms with Gasteiger partial charge >= 0.3 is 0 Å². The predicted octanol–water partition coefficient (Wildman–Crippen LogP) is 3.20. The fraction of sp³-hybridized carbons (Fsp3) is 0.429. The normalized spacial score (nSPS) is 13.2. The molecule has 0 radical (unpaired) electrons. The van der Waals surface area contributed by atoms with Gasteiger partial charge in [-0.3, -0.25) is 0 Å². The average molecular weight is 410 g/mol. The molecule has 1 heterocycles. The van der Waals surface area contributed by atoms with E-state index in [1.165, 1.54) is 0 Å². The van der Waals surface area contributed by atoms with Crippen LogP contribution in [0.3, 0.4) is 0 Å². The molecule has 1 N–H and O–H groups in total. The van der Waals surface area contributed by atoms with Crippen LogP contribution in [0, 0.1) is 13.8 Å². The van der Waals surface area contributed by atoms with Crippen molar-refractivity contribution in [3.63, 3.8) is 0 Å². The number of alkyl halides is 3. The SMILES string of the molecule is Cc1cc(S(=O)(=O)C(Br)(Br)Br)[nH]c1C. The lowest BCUT2D eigenvalue weighted by atomic mass is 10.3. The van der Waals surface area contributed by atoms with Crippen LogP contribution in [0.1, 0.15) is 11.3 Å². The largest absolute Gasteiger partial charge is 0.350 e. The van der Waals surface area contributed by atoms with Crippen molar-refractivity contribution >= 4 is 57.6 Å². The Kier molecular flexibility index (Phi) is 3.56. The molecule has 1 rings (SSSR count). The molecule has 0 spiro atoms. The smallest absolute Gasteiger partial charge is 0.240 e. The first-order valence-corrected chi connectivity index (χ1v) is 7.50. The molecule has 1 aromatic heterocycles. The van der Waals surface area contributed by atoms with Gasteiger partial charge in [0.25, 0.3) is 0 Å². The highest BCUT2D eigenvalue weighted by Crippen LogP contribution is 2.43. The Balaban J connectivity index is 3.32. The molecule has 0 fully saturated rings. The number of aromatic nitrogens is 1. The zero-order valence-corrected chi connectivity index (χ0v) is 13.0. The predicted molar refractivity (Wildman–Crippen MR) is 67.0 cm³/mol. The van der Waals surface area contributed by atoms with E-state index in [9.17, 15) is 8.42 Å². The van der Waals surface area contributed by atoms with Crippen LogP contribution in [0.25, 0.3) is 0 Å². The lowest BCUT2D eigenvalue weighted by Gasteiger charge is -2.11. The Hall–Kier alpha value is 0.670. The minimum Gasteiger partial charge on any atom is -0.350 e. The maximum Gasteiger partial charge on any atom is 0.240 e. The molecule has 7 heteroatoms. The van der Waals surface area contributed by atoms with Crippen molar-refractivity contribution in [2.24, 2.45) is 0 Å². The zero-order valence-electron chi connectivity index (χ0n) is 7.44. The summed E-state index contributed by atoms with van der Waals surface area (Å²) in [5.74, 6) is 0. The molecule has 0 atom stereocenters. The van der Waals surface area contributed by atoms with Gasteiger partial charge in [-0.25, -0.2) is 8.42 Å². The van der Waals surface area contributed by atoms with Crippen LogP contribution in [0.2, 0.25) is 0 Å². The summed E-state index contributed by atoms with van der Waals surface area (Å²) in [6, 6.07) is 1.60. The number of aromatic amines is 1. The van der Waals surface area contributed by atoms with Crippen LogP contribution in [0.5, 0.6) is 0 Å². The number of aryl methyl sites for hydroxylation is 2. The molecule has 0 unspecified atom stereocenters. The van der Waals surface area contributed by atoms with Crippen molar-refractivity contribution in [1.29, 1.82) is 0 Å². The van der Waals surface area contributed by atoms with Gasteiger partial charge < -0.3 is 4.98 Å². The van der Waals surface area contributed by atoms with Crippen molar-refractivity contribution in [1.82, 2.24) is 4.98 Å². The van der Waals surface area contributed by atoms with E-state index in [2.05, 4.69) is 52.8 Å². The second kappa shape index (κ2) is 3.92. The average Bonchev–Trinajstić information content (AvgIpc) is 2.30. The van der Waals surface area contributed by atoms with Gasteiger partial charge in [0.15, 0.2) is 0 Å². The summed E-state index contributed by atoms with van der Waals surface area (Å²) in [5, 5.41) is 0.179. The molecular weight excluding hydrogens is 402 g/mol. The quantitative estimate of drug-likeness (QED) is 0.724. The first-order chi connectivity index (χ1) is 6.16. The van der Waals surface area contributed by atoms with Crippen molar-refractivity contribution < 1.29 is 8.42 Å². The minimum absolute atomic E-state index is 0.179. The van der Waals surface area contributed by atoms with E-state index in [0.29, 0.717) is 0 Å². The van der Waals surface area contributed by atoms with Crippen LogP contribution >= 0.6 is 47.8 Å². The summed E-state index contributed by atoms with van der Waals surface area (Å²) in [6.45, 7) is 3.68. The summed E-state index contributed by atoms with van der Waals surface area (Å²) in [6.07, 6.45) is 0. The Morgan fingerprint density at radius 3 is 2.07 bits per heavy atom. The van der Waals surface area contributed by atoms with E-state index in [4.69, 9.17) is 0 Å². The summed E-state index contributed by atoms with van der Waals surface area (Å²) >= 11 is 8.99. The molecule has 0 amide bonds. The van der Waals surface area contributed by atoms with E-state index in [0.717, 1.165) is 11.3 Å². The van der Waals surface area contributed by atoms with Gasteiger partial charge in [-0.15, -0.1) is 0 Å². The van der Waals surface area contributed by atoms with E-state index in [-0.39, 0.29) is 5.03 Å². The van der Waals surface area contributed by atoms with E-state index >= 15 is 0 Å². The molecule has 0 saturated heterocycles. The molecule has 0 bridgehead atoms. The Labute approximate surface area is 108 Å². The third-order valence-corrected chi connectivity index (χ3v) is 7.09. The highest BCUT2D eigenvalue weighted by molar-refractivity contribution is 9.42. The second-order valence-electron chi connectivity index (χ2n) is 2.89. The van der Waals surface area contributed by atoms with E-state index in [1.807, 2.05) is 13.8 Å². The first kappa shape index (κ1) is 12.7. The van der Waals surface area contributed by atoms with Crippen LogP contribution < -0.4 is 0 Å². The summed E-state index contributed by atoms with van der Waals surface area (Å²) < 4.78 is 22.4. The lowest BCUT2D eigenvalue weighted by Crippen LogP contribution is -2.18. The number of hydrogen-bond acceptors (Lipinski definition) is 2. The number of halogens is 3. The topological polar surface area (TPSA) is 49.9 Å². The van der Waals surface area contributed by atoms with E-state index in [1.54, 1.807) is 6.07 Å². The molecule has 3 nitrogen and oxygen atoms in total. The van der Waals surface area contributed by atoms with Crippen molar-refractivity contribution in [3.05, 3.63) is 17.3 Å². The van der Waals surface area contributed by atoms with E-state index < -0.39 is 11.3 Å². The Bertz CT molecular complexity index is 424. The molecule has 14 heavy (non-hydrogen) atoms. The van der Waals surface area contributed by atoms with Crippen LogP contribution in [-0.2, 0) is 9.84 Å². The number of nitrogens with one attached hydrogen (secondary N) is 1. The monoisotopic (exact) mass is 407 g/mol. The number of H-pyrrole nitrogens is 1. The molecule has 80 valence electrons. The third-order valence-electron chi connectivity index (χ3n) is 1.84. The molecule has 0 aromatic carbocycles. The number of hydrogen-bond donors (Lipinski definition) is 1. The molecule has 0 aliphatic heterocycles. The standard InChI is InChI=1S/C7H8Br3NO2S/c1-4-3-6(11-5(4)2)14(12,13)7(8,9)10/h3,11H,1-2H3. The van der Waals surface area contributed by atoms with Gasteiger partial charge in [0, 0.05) is 5.69 Å². The number of rotatable bonds is 1. The van der Waals surface area contributed by atoms with Crippen molar-refractivity contribution in [2.75, 3.05) is 0 Å². The zero-order chi connectivity index (χ0) is 11.1. The molecule has 0 aliphatic rings. The maximum absolute atomic E-state index is 11.8. The molecule has 0 saturated carbocycles. The second-order valence-corrected chi connectivity index (χ2v) is 13.3. The summed E-state index contributed by atoms with van der Waals surface area (Å²) in [7, 11) is -3.48. The Morgan fingerprint density at radius 2 is 1.79 bits per heavy atom. The van der Waals surface area contributed by atoms with Crippen molar-refractivity contribution in [2.45, 2.75) is 20.3 Å².